The van der Waals surface area contributed by atoms with Crippen molar-refractivity contribution < 1.29 is 14.7 Å². The van der Waals surface area contributed by atoms with Crippen molar-refractivity contribution in [3.8, 4) is 5.75 Å². The molecule has 1 fully saturated rings. The lowest BCUT2D eigenvalue weighted by molar-refractivity contribution is -0.123. The summed E-state index contributed by atoms with van der Waals surface area (Å²) in [5, 5.41) is 14.6. The number of hydrogen-bond acceptors (Lipinski definition) is 4. The van der Waals surface area contributed by atoms with Gasteiger partial charge in [0.1, 0.15) is 5.75 Å². The average molecular weight is 262 g/mol. The van der Waals surface area contributed by atoms with E-state index in [1.165, 1.54) is 0 Å². The van der Waals surface area contributed by atoms with Crippen LogP contribution in [0.4, 0.5) is 0 Å². The monoisotopic (exact) mass is 262 g/mol. The van der Waals surface area contributed by atoms with Gasteiger partial charge in [-0.15, -0.1) is 0 Å². The molecular weight excluding hydrogens is 244 g/mol. The van der Waals surface area contributed by atoms with Crippen molar-refractivity contribution in [1.29, 1.82) is 0 Å². The number of carbonyl (C=O) groups is 1. The molecule has 0 aliphatic heterocycles. The molecule has 1 aromatic carbocycles. The van der Waals surface area contributed by atoms with Crippen LogP contribution in [0.1, 0.15) is 25.3 Å². The molecule has 19 heavy (non-hydrogen) atoms. The molecule has 0 saturated heterocycles. The van der Waals surface area contributed by atoms with Crippen LogP contribution in [0.5, 0.6) is 5.75 Å². The van der Waals surface area contributed by atoms with E-state index in [4.69, 9.17) is 9.94 Å². The van der Waals surface area contributed by atoms with E-state index < -0.39 is 0 Å². The summed E-state index contributed by atoms with van der Waals surface area (Å²) in [6.45, 7) is 1.81. The molecule has 102 valence electrons. The van der Waals surface area contributed by atoms with Crippen molar-refractivity contribution >= 4 is 11.6 Å². The normalized spacial score (nSPS) is 15.1. The molecule has 0 spiro atoms. The predicted molar refractivity (Wildman–Crippen MR) is 71.7 cm³/mol. The zero-order valence-corrected chi connectivity index (χ0v) is 10.9. The van der Waals surface area contributed by atoms with Gasteiger partial charge in [-0.2, -0.15) is 0 Å². The van der Waals surface area contributed by atoms with E-state index in [1.54, 1.807) is 6.92 Å². The van der Waals surface area contributed by atoms with Crippen molar-refractivity contribution in [2.45, 2.75) is 32.2 Å². The Morgan fingerprint density at radius 2 is 2.11 bits per heavy atom. The molecule has 5 heteroatoms. The van der Waals surface area contributed by atoms with Crippen LogP contribution in [0.25, 0.3) is 0 Å². The number of nitrogens with zero attached hydrogens (tertiary/aromatic N) is 1. The topological polar surface area (TPSA) is 70.9 Å². The molecule has 2 rings (SSSR count). The summed E-state index contributed by atoms with van der Waals surface area (Å²) in [5.41, 5.74) is 1.68. The lowest BCUT2D eigenvalue weighted by atomic mass is 10.1. The minimum atomic E-state index is -0.0742. The average Bonchev–Trinajstić information content (AvgIpc) is 3.21. The standard InChI is InChI=1S/C14H18N2O3/c1-10(16-18)8-11-2-6-13(7-3-11)19-9-14(17)15-12-4-5-12/h2-3,6-7,12,18H,4-5,8-9H2,1H3,(H,15,17)/b16-10-. The lowest BCUT2D eigenvalue weighted by Crippen LogP contribution is -2.30. The van der Waals surface area contributed by atoms with Gasteiger partial charge in [-0.1, -0.05) is 17.3 Å². The second-order valence-corrected chi connectivity index (χ2v) is 4.79. The Bertz CT molecular complexity index is 464. The first kappa shape index (κ1) is 13.4. The minimum Gasteiger partial charge on any atom is -0.484 e. The molecule has 0 atom stereocenters. The van der Waals surface area contributed by atoms with Crippen LogP contribution >= 0.6 is 0 Å². The maximum absolute atomic E-state index is 11.4. The molecule has 0 heterocycles. The van der Waals surface area contributed by atoms with Crippen molar-refractivity contribution in [1.82, 2.24) is 5.32 Å². The first-order valence-corrected chi connectivity index (χ1v) is 6.36. The van der Waals surface area contributed by atoms with E-state index in [2.05, 4.69) is 10.5 Å². The van der Waals surface area contributed by atoms with Crippen LogP contribution in [0, 0.1) is 0 Å². The number of nitrogens with one attached hydrogen (secondary N) is 1. The van der Waals surface area contributed by atoms with E-state index in [9.17, 15) is 4.79 Å². The number of hydrogen-bond donors (Lipinski definition) is 2. The van der Waals surface area contributed by atoms with Gasteiger partial charge in [0, 0.05) is 12.5 Å². The first-order chi connectivity index (χ1) is 9.17. The second kappa shape index (κ2) is 6.22. The third-order valence-electron chi connectivity index (χ3n) is 2.87. The Kier molecular flexibility index (Phi) is 4.39. The van der Waals surface area contributed by atoms with E-state index >= 15 is 0 Å². The van der Waals surface area contributed by atoms with Gasteiger partial charge in [-0.3, -0.25) is 4.79 Å². The van der Waals surface area contributed by atoms with E-state index in [1.807, 2.05) is 24.3 Å². The Balaban J connectivity index is 1.79. The SMILES string of the molecule is C/C(Cc1ccc(OCC(=O)NC2CC2)cc1)=N/O. The van der Waals surface area contributed by atoms with Crippen LogP contribution in [-0.4, -0.2) is 29.5 Å². The molecule has 2 N–H and O–H groups in total. The molecule has 0 unspecified atom stereocenters. The summed E-state index contributed by atoms with van der Waals surface area (Å²) in [5.74, 6) is 0.586. The summed E-state index contributed by atoms with van der Waals surface area (Å²) < 4.78 is 5.39. The highest BCUT2D eigenvalue weighted by molar-refractivity contribution is 5.83. The quantitative estimate of drug-likeness (QED) is 0.466. The van der Waals surface area contributed by atoms with Gasteiger partial charge in [-0.25, -0.2) is 0 Å². The summed E-state index contributed by atoms with van der Waals surface area (Å²) in [6.07, 6.45) is 2.75. The highest BCUT2D eigenvalue weighted by Gasteiger charge is 2.23. The van der Waals surface area contributed by atoms with Gasteiger partial charge in [0.05, 0.1) is 5.71 Å². The van der Waals surface area contributed by atoms with Crippen LogP contribution in [-0.2, 0) is 11.2 Å². The summed E-state index contributed by atoms with van der Waals surface area (Å²) in [6, 6.07) is 7.76. The lowest BCUT2D eigenvalue weighted by Gasteiger charge is -2.07. The molecule has 0 radical (unpaired) electrons. The molecule has 0 bridgehead atoms. The van der Waals surface area contributed by atoms with E-state index in [-0.39, 0.29) is 12.5 Å². The van der Waals surface area contributed by atoms with E-state index in [0.717, 1.165) is 18.4 Å². The highest BCUT2D eigenvalue weighted by atomic mass is 16.5. The maximum atomic E-state index is 11.4. The van der Waals surface area contributed by atoms with Crippen LogP contribution < -0.4 is 10.1 Å². The molecule has 1 aromatic rings. The predicted octanol–water partition coefficient (Wildman–Crippen LogP) is 1.74. The fourth-order valence-corrected chi connectivity index (χ4v) is 1.68. The van der Waals surface area contributed by atoms with E-state index in [0.29, 0.717) is 23.9 Å². The highest BCUT2D eigenvalue weighted by Crippen LogP contribution is 2.18. The molecule has 0 aromatic heterocycles. The van der Waals surface area contributed by atoms with Gasteiger partial charge in [0.25, 0.3) is 5.91 Å². The molecule has 1 aliphatic carbocycles. The molecule has 1 aliphatic rings. The molecular formula is C14H18N2O3. The first-order valence-electron chi connectivity index (χ1n) is 6.36. The number of rotatable bonds is 6. The van der Waals surface area contributed by atoms with Crippen LogP contribution in [0.2, 0.25) is 0 Å². The summed E-state index contributed by atoms with van der Waals surface area (Å²) in [7, 11) is 0. The molecule has 5 nitrogen and oxygen atoms in total. The van der Waals surface area contributed by atoms with Gasteiger partial charge < -0.3 is 15.3 Å². The molecule has 1 saturated carbocycles. The third-order valence-corrected chi connectivity index (χ3v) is 2.87. The smallest absolute Gasteiger partial charge is 0.258 e. The van der Waals surface area contributed by atoms with Gasteiger partial charge in [0.15, 0.2) is 6.61 Å². The van der Waals surface area contributed by atoms with Gasteiger partial charge in [-0.05, 0) is 37.5 Å². The Hall–Kier alpha value is -2.04. The Morgan fingerprint density at radius 3 is 2.68 bits per heavy atom. The van der Waals surface area contributed by atoms with Crippen molar-refractivity contribution in [2.75, 3.05) is 6.61 Å². The number of benzene rings is 1. The summed E-state index contributed by atoms with van der Waals surface area (Å²) in [4.78, 5) is 11.4. The Labute approximate surface area is 112 Å². The number of amides is 1. The number of oxime groups is 1. The van der Waals surface area contributed by atoms with Crippen molar-refractivity contribution in [3.05, 3.63) is 29.8 Å². The van der Waals surface area contributed by atoms with Crippen LogP contribution in [0.15, 0.2) is 29.4 Å². The molecule has 1 amide bonds. The summed E-state index contributed by atoms with van der Waals surface area (Å²) >= 11 is 0. The fourth-order valence-electron chi connectivity index (χ4n) is 1.68. The largest absolute Gasteiger partial charge is 0.484 e. The van der Waals surface area contributed by atoms with Crippen molar-refractivity contribution in [2.24, 2.45) is 5.16 Å². The zero-order chi connectivity index (χ0) is 13.7. The zero-order valence-electron chi connectivity index (χ0n) is 10.9. The third kappa shape index (κ3) is 4.62. The van der Waals surface area contributed by atoms with Gasteiger partial charge in [0.2, 0.25) is 0 Å². The van der Waals surface area contributed by atoms with Crippen molar-refractivity contribution in [3.63, 3.8) is 0 Å². The van der Waals surface area contributed by atoms with Gasteiger partial charge >= 0.3 is 0 Å². The second-order valence-electron chi connectivity index (χ2n) is 4.79. The minimum absolute atomic E-state index is 0.0486. The van der Waals surface area contributed by atoms with Crippen LogP contribution in [0.3, 0.4) is 0 Å². The number of ether oxygens (including phenoxy) is 1. The maximum Gasteiger partial charge on any atom is 0.258 e. The number of carbonyl (C=O) groups excluding carboxylic acids is 1. The Morgan fingerprint density at radius 1 is 1.42 bits per heavy atom. The fraction of sp³-hybridized carbons (Fsp3) is 0.429.